The zero-order valence-electron chi connectivity index (χ0n) is 16.6. The summed E-state index contributed by atoms with van der Waals surface area (Å²) in [6.45, 7) is 4.48. The molecule has 2 aromatic carbocycles. The van der Waals surface area contributed by atoms with Crippen LogP contribution in [-0.2, 0) is 27.4 Å². The van der Waals surface area contributed by atoms with E-state index in [0.29, 0.717) is 5.75 Å². The lowest BCUT2D eigenvalue weighted by molar-refractivity contribution is -0.144. The van der Waals surface area contributed by atoms with Gasteiger partial charge in [-0.05, 0) is 41.8 Å². The van der Waals surface area contributed by atoms with E-state index in [-0.39, 0.29) is 25.0 Å². The molecule has 5 heteroatoms. The quantitative estimate of drug-likeness (QED) is 0.315. The van der Waals surface area contributed by atoms with E-state index in [1.807, 2.05) is 24.3 Å². The van der Waals surface area contributed by atoms with Crippen molar-refractivity contribution in [3.05, 3.63) is 59.7 Å². The average molecular weight is 384 g/mol. The Morgan fingerprint density at radius 3 is 2.11 bits per heavy atom. The molecule has 0 aliphatic heterocycles. The zero-order chi connectivity index (χ0) is 20.2. The van der Waals surface area contributed by atoms with Crippen LogP contribution in [0.15, 0.2) is 48.5 Å². The smallest absolute Gasteiger partial charge is 0.310 e. The van der Waals surface area contributed by atoms with Gasteiger partial charge >= 0.3 is 11.9 Å². The second-order valence-electron chi connectivity index (χ2n) is 6.63. The number of carbonyl (C=O) groups excluding carboxylic acids is 2. The van der Waals surface area contributed by atoms with Crippen molar-refractivity contribution < 1.29 is 23.8 Å². The van der Waals surface area contributed by atoms with Crippen molar-refractivity contribution in [2.75, 3.05) is 6.61 Å². The molecule has 0 aromatic heterocycles. The summed E-state index contributed by atoms with van der Waals surface area (Å²) in [6.07, 6.45) is 4.88. The molecule has 0 amide bonds. The van der Waals surface area contributed by atoms with Crippen LogP contribution >= 0.6 is 0 Å². The van der Waals surface area contributed by atoms with Gasteiger partial charge in [-0.1, -0.05) is 50.5 Å². The molecule has 150 valence electrons. The molecule has 2 rings (SSSR count). The maximum Gasteiger partial charge on any atom is 0.310 e. The summed E-state index contributed by atoms with van der Waals surface area (Å²) in [4.78, 5) is 22.9. The van der Waals surface area contributed by atoms with Crippen LogP contribution < -0.4 is 9.47 Å². The highest BCUT2D eigenvalue weighted by Crippen LogP contribution is 2.15. The molecule has 0 spiro atoms. The number of carbonyl (C=O) groups is 2. The van der Waals surface area contributed by atoms with E-state index < -0.39 is 0 Å². The lowest BCUT2D eigenvalue weighted by Crippen LogP contribution is -2.08. The lowest BCUT2D eigenvalue weighted by Gasteiger charge is -2.08. The summed E-state index contributed by atoms with van der Waals surface area (Å²) < 4.78 is 16.0. The molecule has 0 unspecified atom stereocenters. The fourth-order valence-electron chi connectivity index (χ4n) is 2.62. The van der Waals surface area contributed by atoms with E-state index in [1.165, 1.54) is 26.2 Å². The minimum absolute atomic E-state index is 0.166. The van der Waals surface area contributed by atoms with Gasteiger partial charge in [0.1, 0.15) is 18.1 Å². The molecule has 0 aliphatic carbocycles. The minimum atomic E-state index is -0.375. The Kier molecular flexibility index (Phi) is 9.05. The predicted molar refractivity (Wildman–Crippen MR) is 107 cm³/mol. The van der Waals surface area contributed by atoms with Crippen molar-refractivity contribution in [2.45, 2.75) is 52.6 Å². The first kappa shape index (κ1) is 21.5. The first-order valence-corrected chi connectivity index (χ1v) is 9.71. The van der Waals surface area contributed by atoms with Gasteiger partial charge in [0.15, 0.2) is 0 Å². The number of hydrogen-bond acceptors (Lipinski definition) is 5. The Hall–Kier alpha value is -2.82. The van der Waals surface area contributed by atoms with Crippen molar-refractivity contribution in [1.29, 1.82) is 0 Å². The average Bonchev–Trinajstić information content (AvgIpc) is 2.68. The van der Waals surface area contributed by atoms with E-state index in [1.54, 1.807) is 24.3 Å². The van der Waals surface area contributed by atoms with Crippen molar-refractivity contribution >= 4 is 11.9 Å². The topological polar surface area (TPSA) is 61.8 Å². The van der Waals surface area contributed by atoms with Gasteiger partial charge in [-0.2, -0.15) is 0 Å². The molecule has 0 saturated heterocycles. The van der Waals surface area contributed by atoms with Gasteiger partial charge in [0, 0.05) is 6.92 Å². The highest BCUT2D eigenvalue weighted by atomic mass is 16.5. The number of esters is 2. The van der Waals surface area contributed by atoms with Crippen molar-refractivity contribution in [3.8, 4) is 11.5 Å². The second kappa shape index (κ2) is 11.8. The maximum atomic E-state index is 12.0. The molecule has 0 bridgehead atoms. The van der Waals surface area contributed by atoms with Crippen LogP contribution in [0.5, 0.6) is 11.5 Å². The van der Waals surface area contributed by atoms with Crippen LogP contribution in [0.4, 0.5) is 0 Å². The molecule has 0 atom stereocenters. The SMILES string of the molecule is CCCCCCOc1ccc(COC(=O)Cc2ccc(OC(C)=O)cc2)cc1. The van der Waals surface area contributed by atoms with Crippen LogP contribution in [0.25, 0.3) is 0 Å². The van der Waals surface area contributed by atoms with Crippen LogP contribution in [0, 0.1) is 0 Å². The summed E-state index contributed by atoms with van der Waals surface area (Å²) in [5.41, 5.74) is 1.71. The molecule has 0 heterocycles. The normalized spacial score (nSPS) is 10.4. The van der Waals surface area contributed by atoms with E-state index in [0.717, 1.165) is 29.9 Å². The van der Waals surface area contributed by atoms with Crippen molar-refractivity contribution in [3.63, 3.8) is 0 Å². The summed E-state index contributed by atoms with van der Waals surface area (Å²) in [6, 6.07) is 14.4. The molecular formula is C23H28O5. The number of unbranched alkanes of at least 4 members (excludes halogenated alkanes) is 3. The second-order valence-corrected chi connectivity index (χ2v) is 6.63. The van der Waals surface area contributed by atoms with Crippen LogP contribution in [0.1, 0.15) is 50.7 Å². The molecular weight excluding hydrogens is 356 g/mol. The summed E-state index contributed by atoms with van der Waals surface area (Å²) >= 11 is 0. The van der Waals surface area contributed by atoms with Crippen LogP contribution in [-0.4, -0.2) is 18.5 Å². The maximum absolute atomic E-state index is 12.0. The summed E-state index contributed by atoms with van der Waals surface area (Å²) in [5.74, 6) is 0.605. The molecule has 0 N–H and O–H groups in total. The van der Waals surface area contributed by atoms with Crippen molar-refractivity contribution in [2.24, 2.45) is 0 Å². The Morgan fingerprint density at radius 2 is 1.46 bits per heavy atom. The number of hydrogen-bond donors (Lipinski definition) is 0. The van der Waals surface area contributed by atoms with Gasteiger partial charge in [0.05, 0.1) is 13.0 Å². The van der Waals surface area contributed by atoms with Gasteiger partial charge in [-0.3, -0.25) is 9.59 Å². The standard InChI is InChI=1S/C23H28O5/c1-3-4-5-6-15-26-21-11-9-20(10-12-21)17-27-23(25)16-19-7-13-22(14-8-19)28-18(2)24/h7-14H,3-6,15-17H2,1-2H3. The van der Waals surface area contributed by atoms with E-state index >= 15 is 0 Å². The third kappa shape index (κ3) is 8.25. The Balaban J connectivity index is 1.71. The van der Waals surface area contributed by atoms with Gasteiger partial charge in [0.25, 0.3) is 0 Å². The Labute approximate surface area is 166 Å². The molecule has 2 aromatic rings. The number of ether oxygens (including phenoxy) is 3. The molecule has 0 aliphatic rings. The highest BCUT2D eigenvalue weighted by Gasteiger charge is 2.07. The number of benzene rings is 2. The van der Waals surface area contributed by atoms with Gasteiger partial charge < -0.3 is 14.2 Å². The fraction of sp³-hybridized carbons (Fsp3) is 0.391. The Morgan fingerprint density at radius 1 is 0.821 bits per heavy atom. The minimum Gasteiger partial charge on any atom is -0.494 e. The van der Waals surface area contributed by atoms with Gasteiger partial charge in [-0.25, -0.2) is 0 Å². The fourth-order valence-corrected chi connectivity index (χ4v) is 2.62. The lowest BCUT2D eigenvalue weighted by atomic mass is 10.1. The summed E-state index contributed by atoms with van der Waals surface area (Å²) in [5, 5.41) is 0. The molecule has 5 nitrogen and oxygen atoms in total. The van der Waals surface area contributed by atoms with Crippen molar-refractivity contribution in [1.82, 2.24) is 0 Å². The zero-order valence-corrected chi connectivity index (χ0v) is 16.6. The summed E-state index contributed by atoms with van der Waals surface area (Å²) in [7, 11) is 0. The predicted octanol–water partition coefficient (Wildman–Crippen LogP) is 4.86. The third-order valence-electron chi connectivity index (χ3n) is 4.12. The number of rotatable bonds is 11. The monoisotopic (exact) mass is 384 g/mol. The van der Waals surface area contributed by atoms with E-state index in [9.17, 15) is 9.59 Å². The van der Waals surface area contributed by atoms with E-state index in [2.05, 4.69) is 6.92 Å². The Bertz CT molecular complexity index is 735. The molecule has 0 fully saturated rings. The molecule has 0 saturated carbocycles. The van der Waals surface area contributed by atoms with E-state index in [4.69, 9.17) is 14.2 Å². The first-order valence-electron chi connectivity index (χ1n) is 9.71. The third-order valence-corrected chi connectivity index (χ3v) is 4.12. The first-order chi connectivity index (χ1) is 13.6. The van der Waals surface area contributed by atoms with Gasteiger partial charge in [0.2, 0.25) is 0 Å². The largest absolute Gasteiger partial charge is 0.494 e. The molecule has 28 heavy (non-hydrogen) atoms. The van der Waals surface area contributed by atoms with Gasteiger partial charge in [-0.15, -0.1) is 0 Å². The van der Waals surface area contributed by atoms with Crippen LogP contribution in [0.3, 0.4) is 0 Å². The molecule has 0 radical (unpaired) electrons. The highest BCUT2D eigenvalue weighted by molar-refractivity contribution is 5.73. The van der Waals surface area contributed by atoms with Crippen LogP contribution in [0.2, 0.25) is 0 Å².